The molecule has 0 aromatic heterocycles. The molecular formula is C74H116N14O47. The minimum atomic E-state index is -2.39. The molecule has 0 bridgehead atoms. The molecule has 61 nitrogen and oxygen atoms in total. The van der Waals surface area contributed by atoms with Gasteiger partial charge < -0.3 is 211 Å². The molecule has 4 heterocycles. The number of hydrogen-bond acceptors (Lipinski definition) is 41. The SMILES string of the molecule is NC1C(O)[C@H](O)[C@H](CO)O[C@H]1O[C@@H]1C(CO)O[C@@H](O[C@H]2C(O)C(N)[C@H](O[C@@H]3C(CO)O[C@@H](O)C(NC(=O)[C@H](CCC(=O)O)NC(=O)[C@H](CCC(=O)O)NC(=O)[C@H](CCC(=O)O)NC(=O)[C@H](CCC(=O)O)NC(=O)[C@H](CCC(=O)O)NC(=O)[C@H](CCC(=O)O)NC(=O)[C@H](CCC(=O)O)NC(=O)[C@H](CCC(=O)O)NC(=O)[C@H](CCC(=O)O)NC(=O)[C@@H](N)CCC(=O)O)[C@H]3O)O[C@H]2CO)C(N)[C@H]1O. The first-order valence-electron chi connectivity index (χ1n) is 41.6. The van der Waals surface area contributed by atoms with Crippen LogP contribution in [0.3, 0.4) is 0 Å². The third-order valence-electron chi connectivity index (χ3n) is 21.3. The van der Waals surface area contributed by atoms with Gasteiger partial charge >= 0.3 is 59.7 Å². The first-order valence-corrected chi connectivity index (χ1v) is 41.6. The van der Waals surface area contributed by atoms with Crippen LogP contribution in [0.4, 0.5) is 0 Å². The first-order chi connectivity index (χ1) is 63.3. The monoisotopic (exact) mass is 1950 g/mol. The van der Waals surface area contributed by atoms with Crippen LogP contribution in [0.15, 0.2) is 0 Å². The molecule has 61 heteroatoms. The van der Waals surface area contributed by atoms with Gasteiger partial charge in [0.2, 0.25) is 59.1 Å². The molecule has 135 heavy (non-hydrogen) atoms. The number of hydrogen-bond donors (Lipinski definition) is 34. The molecule has 4 aliphatic heterocycles. The Morgan fingerprint density at radius 1 is 0.252 bits per heavy atom. The van der Waals surface area contributed by atoms with Crippen molar-refractivity contribution in [3.8, 4) is 0 Å². The number of aliphatic carboxylic acids is 10. The van der Waals surface area contributed by atoms with Crippen molar-refractivity contribution in [3.63, 3.8) is 0 Å². The molecule has 0 aromatic rings. The van der Waals surface area contributed by atoms with Crippen molar-refractivity contribution in [1.29, 1.82) is 0 Å². The van der Waals surface area contributed by atoms with Crippen LogP contribution >= 0.6 is 0 Å². The molecule has 4 aliphatic rings. The van der Waals surface area contributed by atoms with Crippen LogP contribution in [0, 0.1) is 0 Å². The van der Waals surface area contributed by atoms with E-state index in [1.165, 1.54) is 0 Å². The third kappa shape index (κ3) is 37.3. The summed E-state index contributed by atoms with van der Waals surface area (Å²) in [5.74, 6) is -31.8. The van der Waals surface area contributed by atoms with E-state index in [2.05, 4.69) is 21.3 Å². The number of rotatable bonds is 60. The van der Waals surface area contributed by atoms with Gasteiger partial charge in [0.15, 0.2) is 25.2 Å². The zero-order chi connectivity index (χ0) is 102. The van der Waals surface area contributed by atoms with Gasteiger partial charge in [-0.05, 0) is 64.2 Å². The molecule has 4 fully saturated rings. The molecule has 30 atom stereocenters. The Balaban J connectivity index is 1.61. The third-order valence-corrected chi connectivity index (χ3v) is 21.3. The number of carbonyl (C=O) groups excluding carboxylic acids is 10. The highest BCUT2D eigenvalue weighted by Crippen LogP contribution is 2.34. The fourth-order valence-electron chi connectivity index (χ4n) is 13.8. The second-order valence-electron chi connectivity index (χ2n) is 31.4. The lowest BCUT2D eigenvalue weighted by Crippen LogP contribution is -2.70. The van der Waals surface area contributed by atoms with Gasteiger partial charge in [0, 0.05) is 64.2 Å². The van der Waals surface area contributed by atoms with Gasteiger partial charge in [0.1, 0.15) is 134 Å². The van der Waals surface area contributed by atoms with Crippen LogP contribution in [0.1, 0.15) is 128 Å². The number of nitrogens with one attached hydrogen (secondary N) is 10. The number of aliphatic hydroxyl groups is 10. The van der Waals surface area contributed by atoms with Crippen molar-refractivity contribution in [3.05, 3.63) is 0 Å². The summed E-state index contributed by atoms with van der Waals surface area (Å²) in [5.41, 5.74) is 24.4. The largest absolute Gasteiger partial charge is 0.481 e. The number of nitrogens with two attached hydrogens (primary N) is 4. The second-order valence-corrected chi connectivity index (χ2v) is 31.4. The number of carbonyl (C=O) groups is 20. The lowest BCUT2D eigenvalue weighted by atomic mass is 9.94. The van der Waals surface area contributed by atoms with E-state index in [9.17, 15) is 193 Å². The summed E-state index contributed by atoms with van der Waals surface area (Å²) in [6.45, 7) is -4.04. The Labute approximate surface area is 761 Å². The highest BCUT2D eigenvalue weighted by Gasteiger charge is 2.56. The maximum Gasteiger partial charge on any atom is 0.303 e. The second kappa shape index (κ2) is 56.2. The minimum Gasteiger partial charge on any atom is -0.481 e. The maximum atomic E-state index is 14.4. The molecule has 764 valence electrons. The maximum absolute atomic E-state index is 14.4. The zero-order valence-corrected chi connectivity index (χ0v) is 71.6. The van der Waals surface area contributed by atoms with E-state index >= 15 is 0 Å². The predicted octanol–water partition coefficient (Wildman–Crippen LogP) is -16.4. The molecular weight excluding hydrogens is 1840 g/mol. The van der Waals surface area contributed by atoms with Crippen molar-refractivity contribution in [2.45, 2.75) is 311 Å². The average molecular weight is 1950 g/mol. The van der Waals surface area contributed by atoms with E-state index in [0.29, 0.717) is 0 Å². The van der Waals surface area contributed by atoms with Crippen LogP contribution in [-0.4, -0.2) is 430 Å². The Kier molecular flexibility index (Phi) is 48.2. The summed E-state index contributed by atoms with van der Waals surface area (Å²) < 4.78 is 40.0. The summed E-state index contributed by atoms with van der Waals surface area (Å²) in [6, 6.07) is -28.6. The van der Waals surface area contributed by atoms with E-state index in [0.717, 1.165) is 0 Å². The fraction of sp³-hybridized carbons (Fsp3) is 0.730. The molecule has 0 saturated carbocycles. The number of carboxylic acid groups (broad SMARTS) is 10. The molecule has 0 radical (unpaired) electrons. The predicted molar refractivity (Wildman–Crippen MR) is 430 cm³/mol. The molecule has 4 rings (SSSR count). The molecule has 0 aromatic carbocycles. The van der Waals surface area contributed by atoms with Crippen LogP contribution in [-0.2, 0) is 129 Å². The fourth-order valence-corrected chi connectivity index (χ4v) is 13.8. The Morgan fingerprint density at radius 2 is 0.444 bits per heavy atom. The summed E-state index contributed by atoms with van der Waals surface area (Å²) in [4.78, 5) is 260. The van der Waals surface area contributed by atoms with Gasteiger partial charge in [-0.1, -0.05) is 0 Å². The lowest BCUT2D eigenvalue weighted by Gasteiger charge is -2.49. The average Bonchev–Trinajstić information content (AvgIpc) is 0.763. The normalized spacial score (nSPS) is 27.1. The van der Waals surface area contributed by atoms with E-state index in [4.69, 9.17) is 61.2 Å². The first kappa shape index (κ1) is 116. The molecule has 0 aliphatic carbocycles. The quantitative estimate of drug-likeness (QED) is 0.0269. The van der Waals surface area contributed by atoms with Crippen LogP contribution in [0.25, 0.3) is 0 Å². The molecule has 38 N–H and O–H groups in total. The van der Waals surface area contributed by atoms with Crippen molar-refractivity contribution in [2.75, 3.05) is 26.4 Å². The van der Waals surface area contributed by atoms with Gasteiger partial charge in [0.05, 0.1) is 50.6 Å². The summed E-state index contributed by atoms with van der Waals surface area (Å²) in [6.07, 6.45) is -48.9. The van der Waals surface area contributed by atoms with Gasteiger partial charge in [-0.3, -0.25) is 95.9 Å². The minimum absolute atomic E-state index is 0.507. The lowest BCUT2D eigenvalue weighted by molar-refractivity contribution is -0.359. The number of aliphatic hydroxyl groups excluding tert-OH is 10. The highest BCUT2D eigenvalue weighted by molar-refractivity contribution is 6.00. The number of ether oxygens (including phenoxy) is 7. The van der Waals surface area contributed by atoms with Gasteiger partial charge in [-0.2, -0.15) is 0 Å². The standard InChI is InChI=1S/C74H116N14O47/c75-25(1-11-39(93)94)61(118)79-26(2-12-40(95)96)62(119)80-27(3-13-41(97)98)63(120)81-28(4-14-42(99)100)64(121)82-29(5-15-43(101)102)65(122)83-30(6-16-44(103)104)66(123)84-31(7-17-45(105)106)67(124)85-32(8-18-46(107)108)68(125)86-33(9-19-47(109)110)69(126)87-34(10-20-48(111)112)70(127)88-52-57(117)60(36(22-90)129-71(52)128)135-74-51(78)56(116)59(38(24-92)132-74)134-73-50(77)55(115)58(37(23-91)131-73)133-72-49(76)54(114)53(113)35(21-89)130-72/h25-38,49-60,71-74,89-92,113-117,128H,1-24,75-78H2,(H,79,118)(H,80,119)(H,81,120)(H,82,121)(H,83,122)(H,84,123)(H,85,124)(H,86,125)(H,87,126)(H,88,127)(H,93,94)(H,95,96)(H,97,98)(H,99,100)(H,101,102)(H,103,104)(H,105,106)(H,107,108)(H,109,110)(H,111,112)/t25-,26-,27-,28-,29-,30-,31-,32-,33-,34-,35-,36?,37?,38-,49?,50?,51?,52?,53+,54?,55+,56?,57+,58+,59+,60+,71+,72-,73-,74-/m0/s1. The van der Waals surface area contributed by atoms with Crippen molar-refractivity contribution in [1.82, 2.24) is 53.2 Å². The summed E-state index contributed by atoms with van der Waals surface area (Å²) >= 11 is 0. The number of carboxylic acids is 10. The summed E-state index contributed by atoms with van der Waals surface area (Å²) in [7, 11) is 0. The molecule has 0 spiro atoms. The summed E-state index contributed by atoms with van der Waals surface area (Å²) in [5, 5.41) is 224. The van der Waals surface area contributed by atoms with Crippen LogP contribution in [0.5, 0.6) is 0 Å². The van der Waals surface area contributed by atoms with E-state index in [-0.39, 0.29) is 0 Å². The van der Waals surface area contributed by atoms with Gasteiger partial charge in [-0.15, -0.1) is 0 Å². The van der Waals surface area contributed by atoms with Crippen LogP contribution in [0.2, 0.25) is 0 Å². The molecule has 10 amide bonds. The van der Waals surface area contributed by atoms with Gasteiger partial charge in [-0.25, -0.2) is 0 Å². The smallest absolute Gasteiger partial charge is 0.303 e. The van der Waals surface area contributed by atoms with E-state index in [1.807, 2.05) is 31.9 Å². The van der Waals surface area contributed by atoms with Crippen molar-refractivity contribution < 1.29 is 231 Å². The zero-order valence-electron chi connectivity index (χ0n) is 71.6. The van der Waals surface area contributed by atoms with Crippen molar-refractivity contribution in [2.24, 2.45) is 22.9 Å². The van der Waals surface area contributed by atoms with E-state index < -0.39 is 457 Å². The van der Waals surface area contributed by atoms with E-state index in [1.54, 1.807) is 0 Å². The van der Waals surface area contributed by atoms with Crippen LogP contribution < -0.4 is 76.1 Å². The highest BCUT2D eigenvalue weighted by atomic mass is 16.8. The molecule has 4 saturated heterocycles. The van der Waals surface area contributed by atoms with Crippen molar-refractivity contribution >= 4 is 119 Å². The topological polar surface area (TPSA) is 1030 Å². The Bertz CT molecular complexity index is 4100. The Hall–Kier alpha value is -11.4. The number of amides is 10. The van der Waals surface area contributed by atoms with Gasteiger partial charge in [0.25, 0.3) is 0 Å². The Morgan fingerprint density at radius 3 is 0.674 bits per heavy atom. The molecule has 8 unspecified atom stereocenters.